The lowest BCUT2D eigenvalue weighted by Crippen LogP contribution is -2.26. The monoisotopic (exact) mass is 493 g/mol. The zero-order valence-corrected chi connectivity index (χ0v) is 20.8. The second kappa shape index (κ2) is 11.9. The van der Waals surface area contributed by atoms with Gasteiger partial charge in [0.2, 0.25) is 0 Å². The fourth-order valence-electron chi connectivity index (χ4n) is 5.09. The SMILES string of the molecule is CCCC1CCC(c2ccc(OCC3CN(c4ccc(C(N)=NCC(=O)O)cc4)C(=O)O3)cc2)CC1. The van der Waals surface area contributed by atoms with E-state index in [0.717, 1.165) is 11.7 Å². The van der Waals surface area contributed by atoms with Crippen LogP contribution in [0.4, 0.5) is 10.5 Å². The highest BCUT2D eigenvalue weighted by Gasteiger charge is 2.33. The minimum Gasteiger partial charge on any atom is -0.490 e. The van der Waals surface area contributed by atoms with Gasteiger partial charge in [0.1, 0.15) is 24.7 Å². The van der Waals surface area contributed by atoms with Crippen molar-refractivity contribution in [3.8, 4) is 5.75 Å². The number of benzene rings is 2. The Kier molecular flexibility index (Phi) is 8.46. The van der Waals surface area contributed by atoms with Crippen LogP contribution in [-0.4, -0.2) is 48.8 Å². The molecule has 1 saturated heterocycles. The van der Waals surface area contributed by atoms with E-state index >= 15 is 0 Å². The number of nitrogens with two attached hydrogens (primary N) is 1. The molecule has 4 rings (SSSR count). The first-order valence-electron chi connectivity index (χ1n) is 12.8. The summed E-state index contributed by atoms with van der Waals surface area (Å²) in [5.41, 5.74) is 8.46. The Labute approximate surface area is 212 Å². The molecule has 1 atom stereocenters. The molecule has 0 spiro atoms. The minimum absolute atomic E-state index is 0.134. The number of anilines is 1. The second-order valence-electron chi connectivity index (χ2n) is 9.64. The van der Waals surface area contributed by atoms with Crippen molar-refractivity contribution in [2.24, 2.45) is 16.6 Å². The molecule has 1 unspecified atom stereocenters. The smallest absolute Gasteiger partial charge is 0.414 e. The summed E-state index contributed by atoms with van der Waals surface area (Å²) >= 11 is 0. The number of rotatable bonds is 10. The van der Waals surface area contributed by atoms with Crippen LogP contribution in [0.1, 0.15) is 62.5 Å². The number of cyclic esters (lactones) is 1. The molecule has 2 aliphatic rings. The first kappa shape index (κ1) is 25.5. The maximum absolute atomic E-state index is 12.4. The zero-order chi connectivity index (χ0) is 25.5. The van der Waals surface area contributed by atoms with E-state index in [1.165, 1.54) is 44.1 Å². The van der Waals surface area contributed by atoms with E-state index in [-0.39, 0.29) is 18.5 Å². The van der Waals surface area contributed by atoms with Crippen LogP contribution < -0.4 is 15.4 Å². The topological polar surface area (TPSA) is 114 Å². The van der Waals surface area contributed by atoms with E-state index in [1.54, 1.807) is 29.2 Å². The van der Waals surface area contributed by atoms with Crippen LogP contribution in [0, 0.1) is 5.92 Å². The molecule has 1 aliphatic carbocycles. The minimum atomic E-state index is -1.05. The van der Waals surface area contributed by atoms with Crippen molar-refractivity contribution in [2.75, 3.05) is 24.6 Å². The summed E-state index contributed by atoms with van der Waals surface area (Å²) in [5, 5.41) is 8.73. The number of amides is 1. The number of carbonyl (C=O) groups excluding carboxylic acids is 1. The predicted molar refractivity (Wildman–Crippen MR) is 139 cm³/mol. The van der Waals surface area contributed by atoms with Gasteiger partial charge in [0.25, 0.3) is 0 Å². The van der Waals surface area contributed by atoms with Crippen LogP contribution in [0.25, 0.3) is 0 Å². The molecule has 8 heteroatoms. The number of carbonyl (C=O) groups is 2. The molecule has 2 aromatic rings. The van der Waals surface area contributed by atoms with Gasteiger partial charge in [0.05, 0.1) is 6.54 Å². The summed E-state index contributed by atoms with van der Waals surface area (Å²) in [6.07, 6.45) is 7.01. The normalized spacial score (nSPS) is 22.4. The lowest BCUT2D eigenvalue weighted by molar-refractivity contribution is -0.135. The Morgan fingerprint density at radius 2 is 1.81 bits per heavy atom. The van der Waals surface area contributed by atoms with Crippen molar-refractivity contribution in [2.45, 2.75) is 57.5 Å². The summed E-state index contributed by atoms with van der Waals surface area (Å²) in [6, 6.07) is 15.2. The van der Waals surface area contributed by atoms with Crippen molar-refractivity contribution in [1.29, 1.82) is 0 Å². The number of carboxylic acid groups (broad SMARTS) is 1. The first-order chi connectivity index (χ1) is 17.4. The molecular weight excluding hydrogens is 458 g/mol. The van der Waals surface area contributed by atoms with Crippen LogP contribution in [0.2, 0.25) is 0 Å². The molecule has 1 saturated carbocycles. The molecule has 1 amide bonds. The number of hydrogen-bond donors (Lipinski definition) is 2. The van der Waals surface area contributed by atoms with E-state index in [1.807, 2.05) is 12.1 Å². The molecule has 1 heterocycles. The van der Waals surface area contributed by atoms with Gasteiger partial charge in [0.15, 0.2) is 6.10 Å². The number of hydrogen-bond acceptors (Lipinski definition) is 5. The van der Waals surface area contributed by atoms with Crippen LogP contribution in [0.5, 0.6) is 5.75 Å². The highest BCUT2D eigenvalue weighted by atomic mass is 16.6. The molecule has 0 bridgehead atoms. The van der Waals surface area contributed by atoms with Gasteiger partial charge >= 0.3 is 12.1 Å². The van der Waals surface area contributed by atoms with Gasteiger partial charge in [-0.25, -0.2) is 4.79 Å². The molecule has 2 fully saturated rings. The third kappa shape index (κ3) is 6.56. The Bertz CT molecular complexity index is 1060. The molecular formula is C28H35N3O5. The van der Waals surface area contributed by atoms with E-state index in [9.17, 15) is 9.59 Å². The Hall–Kier alpha value is -3.55. The van der Waals surface area contributed by atoms with E-state index in [4.69, 9.17) is 20.3 Å². The van der Waals surface area contributed by atoms with Crippen LogP contribution in [0.15, 0.2) is 53.5 Å². The van der Waals surface area contributed by atoms with E-state index in [0.29, 0.717) is 23.7 Å². The van der Waals surface area contributed by atoms with Gasteiger partial charge in [-0.2, -0.15) is 0 Å². The number of amidine groups is 1. The molecule has 1 aliphatic heterocycles. The lowest BCUT2D eigenvalue weighted by Gasteiger charge is -2.28. The molecule has 192 valence electrons. The highest BCUT2D eigenvalue weighted by Crippen LogP contribution is 2.37. The van der Waals surface area contributed by atoms with Gasteiger partial charge < -0.3 is 20.3 Å². The summed E-state index contributed by atoms with van der Waals surface area (Å²) in [5.74, 6) is 1.39. The van der Waals surface area contributed by atoms with Gasteiger partial charge in [-0.1, -0.05) is 31.9 Å². The predicted octanol–water partition coefficient (Wildman–Crippen LogP) is 4.95. The Morgan fingerprint density at radius 1 is 1.11 bits per heavy atom. The van der Waals surface area contributed by atoms with Crippen LogP contribution in [0.3, 0.4) is 0 Å². The number of aliphatic imine (C=N–C) groups is 1. The van der Waals surface area contributed by atoms with Crippen molar-refractivity contribution >= 4 is 23.6 Å². The maximum atomic E-state index is 12.4. The summed E-state index contributed by atoms with van der Waals surface area (Å²) in [4.78, 5) is 28.4. The van der Waals surface area contributed by atoms with Crippen LogP contribution in [-0.2, 0) is 9.53 Å². The number of nitrogens with zero attached hydrogens (tertiary/aromatic N) is 2. The average molecular weight is 494 g/mol. The van der Waals surface area contributed by atoms with E-state index < -0.39 is 18.6 Å². The van der Waals surface area contributed by atoms with Gasteiger partial charge in [0, 0.05) is 11.3 Å². The molecule has 0 aromatic heterocycles. The second-order valence-corrected chi connectivity index (χ2v) is 9.64. The van der Waals surface area contributed by atoms with Crippen molar-refractivity contribution < 1.29 is 24.2 Å². The lowest BCUT2D eigenvalue weighted by atomic mass is 9.77. The average Bonchev–Trinajstić information content (AvgIpc) is 3.27. The zero-order valence-electron chi connectivity index (χ0n) is 20.8. The largest absolute Gasteiger partial charge is 0.490 e. The fraction of sp³-hybridized carbons (Fsp3) is 0.464. The summed E-state index contributed by atoms with van der Waals surface area (Å²) < 4.78 is 11.4. The highest BCUT2D eigenvalue weighted by molar-refractivity contribution is 5.99. The van der Waals surface area contributed by atoms with Crippen molar-refractivity contribution in [3.63, 3.8) is 0 Å². The van der Waals surface area contributed by atoms with Gasteiger partial charge in [-0.3, -0.25) is 14.7 Å². The number of carboxylic acids is 1. The van der Waals surface area contributed by atoms with E-state index in [2.05, 4.69) is 24.0 Å². The molecule has 2 aromatic carbocycles. The molecule has 3 N–H and O–H groups in total. The number of ether oxygens (including phenoxy) is 2. The van der Waals surface area contributed by atoms with Crippen molar-refractivity contribution in [3.05, 3.63) is 59.7 Å². The third-order valence-electron chi connectivity index (χ3n) is 7.06. The fourth-order valence-corrected chi connectivity index (χ4v) is 5.09. The molecule has 0 radical (unpaired) electrons. The van der Waals surface area contributed by atoms with Crippen molar-refractivity contribution in [1.82, 2.24) is 0 Å². The molecule has 8 nitrogen and oxygen atoms in total. The van der Waals surface area contributed by atoms with Gasteiger partial charge in [-0.05, 0) is 79.5 Å². The van der Waals surface area contributed by atoms with Crippen LogP contribution >= 0.6 is 0 Å². The summed E-state index contributed by atoms with van der Waals surface area (Å²) in [7, 11) is 0. The quantitative estimate of drug-likeness (QED) is 0.357. The standard InChI is InChI=1S/C28H35N3O5/c1-2-3-19-4-6-20(7-5-19)21-10-14-24(15-11-21)35-18-25-17-31(28(34)36-25)23-12-8-22(9-13-23)27(29)30-16-26(32)33/h8-15,19-20,25H,2-7,16-18H2,1H3,(H2,29,30)(H,32,33). The third-order valence-corrected chi connectivity index (χ3v) is 7.06. The Morgan fingerprint density at radius 3 is 2.44 bits per heavy atom. The Balaban J connectivity index is 1.26. The van der Waals surface area contributed by atoms with Gasteiger partial charge in [-0.15, -0.1) is 0 Å². The molecule has 36 heavy (non-hydrogen) atoms. The maximum Gasteiger partial charge on any atom is 0.414 e. The number of aliphatic carboxylic acids is 1. The summed E-state index contributed by atoms with van der Waals surface area (Å²) in [6.45, 7) is 2.53. The first-order valence-corrected chi connectivity index (χ1v) is 12.8.